The second kappa shape index (κ2) is 5.25. The van der Waals surface area contributed by atoms with Crippen LogP contribution in [0.1, 0.15) is 19.3 Å². The molecular weight excluding hydrogens is 223 g/mol. The Kier molecular flexibility index (Phi) is 3.72. The number of halogens is 1. The van der Waals surface area contributed by atoms with Crippen LogP contribution in [0.5, 0.6) is 0 Å². The largest absolute Gasteiger partial charge is 0.349 e. The lowest BCUT2D eigenvalue weighted by Gasteiger charge is -2.29. The Balaban J connectivity index is 1.96. The number of hydrogen-bond donors (Lipinski definition) is 1. The second-order valence-corrected chi connectivity index (χ2v) is 4.37. The van der Waals surface area contributed by atoms with Crippen LogP contribution in [0.15, 0.2) is 24.3 Å². The van der Waals surface area contributed by atoms with Gasteiger partial charge in [-0.25, -0.2) is 4.39 Å². The highest BCUT2D eigenvalue weighted by Crippen LogP contribution is 2.13. The smallest absolute Gasteiger partial charge is 0.173 e. The minimum Gasteiger partial charge on any atom is -0.349 e. The third-order valence-electron chi connectivity index (χ3n) is 2.72. The molecule has 0 spiro atoms. The third-order valence-corrected chi connectivity index (χ3v) is 3.08. The van der Waals surface area contributed by atoms with Gasteiger partial charge in [-0.2, -0.15) is 0 Å². The first-order valence-corrected chi connectivity index (χ1v) is 5.98. The predicted molar refractivity (Wildman–Crippen MR) is 68.0 cm³/mol. The summed E-state index contributed by atoms with van der Waals surface area (Å²) >= 11 is 5.29. The number of rotatable bonds is 1. The van der Waals surface area contributed by atoms with Gasteiger partial charge in [0.05, 0.1) is 0 Å². The van der Waals surface area contributed by atoms with Crippen molar-refractivity contribution in [3.63, 3.8) is 0 Å². The molecule has 0 radical (unpaired) electrons. The topological polar surface area (TPSA) is 15.3 Å². The van der Waals surface area contributed by atoms with Crippen LogP contribution in [-0.4, -0.2) is 23.1 Å². The first-order chi connectivity index (χ1) is 7.75. The Morgan fingerprint density at radius 1 is 1.25 bits per heavy atom. The summed E-state index contributed by atoms with van der Waals surface area (Å²) in [6.45, 7) is 2.00. The molecule has 0 bridgehead atoms. The van der Waals surface area contributed by atoms with Crippen LogP contribution in [0.3, 0.4) is 0 Å². The van der Waals surface area contributed by atoms with Crippen LogP contribution < -0.4 is 5.32 Å². The van der Waals surface area contributed by atoms with Crippen molar-refractivity contribution in [1.82, 2.24) is 4.90 Å². The Morgan fingerprint density at radius 2 is 2.00 bits per heavy atom. The molecule has 4 heteroatoms. The van der Waals surface area contributed by atoms with E-state index in [0.717, 1.165) is 18.8 Å². The van der Waals surface area contributed by atoms with Crippen LogP contribution in [0.25, 0.3) is 0 Å². The number of thiocarbonyl (C=S) groups is 1. The quantitative estimate of drug-likeness (QED) is 0.757. The lowest BCUT2D eigenvalue weighted by atomic mass is 10.1. The third kappa shape index (κ3) is 2.92. The molecule has 0 unspecified atom stereocenters. The molecule has 1 heterocycles. The van der Waals surface area contributed by atoms with E-state index in [-0.39, 0.29) is 5.82 Å². The monoisotopic (exact) mass is 238 g/mol. The lowest BCUT2D eigenvalue weighted by Crippen LogP contribution is -2.38. The molecule has 16 heavy (non-hydrogen) atoms. The fraction of sp³-hybridized carbons (Fsp3) is 0.417. The van der Waals surface area contributed by atoms with Gasteiger partial charge < -0.3 is 10.2 Å². The van der Waals surface area contributed by atoms with Crippen molar-refractivity contribution in [3.8, 4) is 0 Å². The van der Waals surface area contributed by atoms with E-state index in [0.29, 0.717) is 5.11 Å². The molecule has 2 nitrogen and oxygen atoms in total. The van der Waals surface area contributed by atoms with E-state index in [9.17, 15) is 4.39 Å². The second-order valence-electron chi connectivity index (χ2n) is 3.99. The Hall–Kier alpha value is -1.16. The van der Waals surface area contributed by atoms with Crippen LogP contribution in [-0.2, 0) is 0 Å². The minimum absolute atomic E-state index is 0.244. The summed E-state index contributed by atoms with van der Waals surface area (Å²) in [5.74, 6) is -0.244. The first kappa shape index (κ1) is 11.3. The maximum atomic E-state index is 13.0. The van der Waals surface area contributed by atoms with E-state index in [1.54, 1.807) is 6.07 Å². The maximum absolute atomic E-state index is 13.0. The van der Waals surface area contributed by atoms with E-state index in [1.807, 2.05) is 6.07 Å². The van der Waals surface area contributed by atoms with Crippen molar-refractivity contribution in [2.75, 3.05) is 18.4 Å². The number of benzene rings is 1. The molecule has 1 N–H and O–H groups in total. The van der Waals surface area contributed by atoms with Crippen LogP contribution in [0, 0.1) is 5.82 Å². The van der Waals surface area contributed by atoms with Gasteiger partial charge in [-0.1, -0.05) is 6.07 Å². The fourth-order valence-electron chi connectivity index (χ4n) is 1.87. The molecule has 0 saturated carbocycles. The van der Waals surface area contributed by atoms with E-state index in [1.165, 1.54) is 31.4 Å². The lowest BCUT2D eigenvalue weighted by molar-refractivity contribution is 0.346. The van der Waals surface area contributed by atoms with E-state index in [2.05, 4.69) is 10.2 Å². The number of piperidine rings is 1. The molecule has 2 rings (SSSR count). The van der Waals surface area contributed by atoms with E-state index in [4.69, 9.17) is 12.2 Å². The zero-order chi connectivity index (χ0) is 11.4. The molecule has 1 aliphatic heterocycles. The summed E-state index contributed by atoms with van der Waals surface area (Å²) in [5, 5.41) is 3.77. The highest BCUT2D eigenvalue weighted by atomic mass is 32.1. The van der Waals surface area contributed by atoms with Crippen LogP contribution >= 0.6 is 12.2 Å². The molecule has 0 aromatic heterocycles. The standard InChI is InChI=1S/C12H15FN2S/c13-10-5-4-6-11(9-10)14-12(16)15-7-2-1-3-8-15/h4-6,9H,1-3,7-8H2,(H,14,16). The van der Waals surface area contributed by atoms with Crippen molar-refractivity contribution in [2.24, 2.45) is 0 Å². The minimum atomic E-state index is -0.244. The zero-order valence-corrected chi connectivity index (χ0v) is 9.89. The molecule has 86 valence electrons. The number of nitrogens with zero attached hydrogens (tertiary/aromatic N) is 1. The van der Waals surface area contributed by atoms with Gasteiger partial charge in [0.1, 0.15) is 5.82 Å². The summed E-state index contributed by atoms with van der Waals surface area (Å²) in [4.78, 5) is 2.14. The highest BCUT2D eigenvalue weighted by molar-refractivity contribution is 7.80. The Morgan fingerprint density at radius 3 is 2.69 bits per heavy atom. The molecule has 1 aliphatic rings. The van der Waals surface area contributed by atoms with Gasteiger partial charge in [-0.3, -0.25) is 0 Å². The molecular formula is C12H15FN2S. The van der Waals surface area contributed by atoms with Crippen molar-refractivity contribution >= 4 is 23.0 Å². The van der Waals surface area contributed by atoms with Gasteiger partial charge in [0.15, 0.2) is 5.11 Å². The number of anilines is 1. The summed E-state index contributed by atoms with van der Waals surface area (Å²) in [7, 11) is 0. The van der Waals surface area contributed by atoms with Crippen molar-refractivity contribution in [3.05, 3.63) is 30.1 Å². The Bertz CT molecular complexity index is 375. The highest BCUT2D eigenvalue weighted by Gasteiger charge is 2.13. The summed E-state index contributed by atoms with van der Waals surface area (Å²) < 4.78 is 13.0. The van der Waals surface area contributed by atoms with Crippen LogP contribution in [0.2, 0.25) is 0 Å². The normalized spacial score (nSPS) is 15.9. The molecule has 0 amide bonds. The van der Waals surface area contributed by atoms with Gasteiger partial charge in [-0.05, 0) is 49.7 Å². The van der Waals surface area contributed by atoms with E-state index < -0.39 is 0 Å². The maximum Gasteiger partial charge on any atom is 0.173 e. The number of likely N-dealkylation sites (tertiary alicyclic amines) is 1. The van der Waals surface area contributed by atoms with Crippen molar-refractivity contribution < 1.29 is 4.39 Å². The summed E-state index contributed by atoms with van der Waals surface area (Å²) in [5.41, 5.74) is 0.718. The molecule has 1 aromatic carbocycles. The molecule has 1 fully saturated rings. The van der Waals surface area contributed by atoms with Gasteiger partial charge in [0.2, 0.25) is 0 Å². The number of hydrogen-bond acceptors (Lipinski definition) is 1. The summed E-state index contributed by atoms with van der Waals surface area (Å²) in [6.07, 6.45) is 3.65. The van der Waals surface area contributed by atoms with Crippen LogP contribution in [0.4, 0.5) is 10.1 Å². The predicted octanol–water partition coefficient (Wildman–Crippen LogP) is 3.01. The fourth-order valence-corrected chi connectivity index (χ4v) is 2.17. The van der Waals surface area contributed by atoms with Gasteiger partial charge in [-0.15, -0.1) is 0 Å². The van der Waals surface area contributed by atoms with E-state index >= 15 is 0 Å². The molecule has 1 saturated heterocycles. The average molecular weight is 238 g/mol. The molecule has 1 aromatic rings. The summed E-state index contributed by atoms with van der Waals surface area (Å²) in [6, 6.07) is 6.38. The van der Waals surface area contributed by atoms with Crippen molar-refractivity contribution in [2.45, 2.75) is 19.3 Å². The van der Waals surface area contributed by atoms with Gasteiger partial charge >= 0.3 is 0 Å². The molecule has 0 aliphatic carbocycles. The number of nitrogens with one attached hydrogen (secondary N) is 1. The zero-order valence-electron chi connectivity index (χ0n) is 9.08. The average Bonchev–Trinajstić information content (AvgIpc) is 2.30. The molecule has 0 atom stereocenters. The van der Waals surface area contributed by atoms with Gasteiger partial charge in [0, 0.05) is 18.8 Å². The first-order valence-electron chi connectivity index (χ1n) is 5.57. The van der Waals surface area contributed by atoms with Crippen molar-refractivity contribution in [1.29, 1.82) is 0 Å². The SMILES string of the molecule is Fc1cccc(NC(=S)N2CCCCC2)c1. The van der Waals surface area contributed by atoms with Gasteiger partial charge in [0.25, 0.3) is 0 Å². The Labute approximate surface area is 100 Å².